The van der Waals surface area contributed by atoms with Gasteiger partial charge in [0.2, 0.25) is 0 Å². The normalized spacial score (nSPS) is 22.7. The van der Waals surface area contributed by atoms with Crippen molar-refractivity contribution in [1.82, 2.24) is 14.8 Å². The molecule has 1 unspecified atom stereocenters. The number of aromatic nitrogens is 1. The molecule has 0 aromatic carbocycles. The van der Waals surface area contributed by atoms with Crippen LogP contribution in [0.5, 0.6) is 0 Å². The first-order chi connectivity index (χ1) is 7.15. The smallest absolute Gasteiger partial charge is 0.180 e. The van der Waals surface area contributed by atoms with Crippen LogP contribution in [0.4, 0.5) is 5.13 Å². The second-order valence-electron chi connectivity index (χ2n) is 4.32. The molecule has 1 fully saturated rings. The maximum absolute atomic E-state index is 5.61. The quantitative estimate of drug-likeness (QED) is 0.830. The van der Waals surface area contributed by atoms with Crippen LogP contribution < -0.4 is 5.73 Å². The molecule has 4 nitrogen and oxygen atoms in total. The number of nitrogens with two attached hydrogens (primary N) is 1. The van der Waals surface area contributed by atoms with Crippen molar-refractivity contribution in [2.45, 2.75) is 19.0 Å². The first kappa shape index (κ1) is 10.9. The first-order valence-electron chi connectivity index (χ1n) is 5.24. The van der Waals surface area contributed by atoms with Gasteiger partial charge in [-0.15, -0.1) is 11.3 Å². The van der Waals surface area contributed by atoms with E-state index < -0.39 is 0 Å². The lowest BCUT2D eigenvalue weighted by atomic mass is 10.2. The van der Waals surface area contributed by atoms with Crippen molar-refractivity contribution in [1.29, 1.82) is 0 Å². The summed E-state index contributed by atoms with van der Waals surface area (Å²) < 4.78 is 0. The topological polar surface area (TPSA) is 45.4 Å². The Morgan fingerprint density at radius 2 is 2.47 bits per heavy atom. The van der Waals surface area contributed by atoms with Gasteiger partial charge in [0.05, 0.1) is 5.69 Å². The number of likely N-dealkylation sites (N-methyl/N-ethyl adjacent to an activating group) is 1. The molecule has 0 bridgehead atoms. The van der Waals surface area contributed by atoms with E-state index in [0.29, 0.717) is 11.2 Å². The van der Waals surface area contributed by atoms with Crippen molar-refractivity contribution in [2.24, 2.45) is 0 Å². The number of nitrogens with zero attached hydrogens (tertiary/aromatic N) is 3. The summed E-state index contributed by atoms with van der Waals surface area (Å²) in [6, 6.07) is 0.695. The lowest BCUT2D eigenvalue weighted by Crippen LogP contribution is -2.31. The molecule has 1 aromatic rings. The molecular formula is C10H18N4S. The highest BCUT2D eigenvalue weighted by molar-refractivity contribution is 7.13. The van der Waals surface area contributed by atoms with Crippen molar-refractivity contribution < 1.29 is 0 Å². The lowest BCUT2D eigenvalue weighted by Gasteiger charge is -2.19. The molecule has 2 heterocycles. The molecular weight excluding hydrogens is 208 g/mol. The van der Waals surface area contributed by atoms with Gasteiger partial charge in [-0.1, -0.05) is 0 Å². The maximum Gasteiger partial charge on any atom is 0.180 e. The number of likely N-dealkylation sites (tertiary alicyclic amines) is 1. The summed E-state index contributed by atoms with van der Waals surface area (Å²) in [5, 5.41) is 2.73. The van der Waals surface area contributed by atoms with E-state index in [1.807, 2.05) is 0 Å². The van der Waals surface area contributed by atoms with Crippen molar-refractivity contribution in [3.8, 4) is 0 Å². The number of anilines is 1. The second kappa shape index (κ2) is 4.47. The van der Waals surface area contributed by atoms with Gasteiger partial charge in [0.25, 0.3) is 0 Å². The zero-order valence-electron chi connectivity index (χ0n) is 9.31. The first-order valence-corrected chi connectivity index (χ1v) is 6.12. The molecule has 2 rings (SSSR count). The third-order valence-corrected chi connectivity index (χ3v) is 3.66. The fourth-order valence-electron chi connectivity index (χ4n) is 2.00. The van der Waals surface area contributed by atoms with Gasteiger partial charge >= 0.3 is 0 Å². The Morgan fingerprint density at radius 3 is 3.00 bits per heavy atom. The van der Waals surface area contributed by atoms with E-state index in [9.17, 15) is 0 Å². The summed E-state index contributed by atoms with van der Waals surface area (Å²) in [7, 11) is 4.30. The average Bonchev–Trinajstić information content (AvgIpc) is 2.76. The minimum absolute atomic E-state index is 0.674. The standard InChI is InChI=1S/C10H18N4S/c1-13(2)9-3-4-14(6-9)5-8-7-15-10(11)12-8/h7,9H,3-6H2,1-2H3,(H2,11,12). The van der Waals surface area contributed by atoms with E-state index in [2.05, 4.69) is 34.3 Å². The van der Waals surface area contributed by atoms with E-state index in [1.54, 1.807) is 0 Å². The molecule has 1 saturated heterocycles. The largest absolute Gasteiger partial charge is 0.375 e. The maximum atomic E-state index is 5.61. The van der Waals surface area contributed by atoms with Gasteiger partial charge in [-0.3, -0.25) is 4.90 Å². The molecule has 5 heteroatoms. The molecule has 1 aliphatic heterocycles. The fourth-order valence-corrected chi connectivity index (χ4v) is 2.56. The van der Waals surface area contributed by atoms with Crippen LogP contribution in [0.3, 0.4) is 0 Å². The summed E-state index contributed by atoms with van der Waals surface area (Å²) in [5.74, 6) is 0. The molecule has 1 atom stereocenters. The summed E-state index contributed by atoms with van der Waals surface area (Å²) in [6.07, 6.45) is 1.26. The predicted octanol–water partition coefficient (Wildman–Crippen LogP) is 0.861. The van der Waals surface area contributed by atoms with Crippen molar-refractivity contribution in [2.75, 3.05) is 32.9 Å². The Kier molecular flexibility index (Phi) is 3.23. The van der Waals surface area contributed by atoms with E-state index in [4.69, 9.17) is 5.73 Å². The molecule has 0 amide bonds. The Labute approximate surface area is 94.7 Å². The zero-order valence-corrected chi connectivity index (χ0v) is 10.1. The van der Waals surface area contributed by atoms with Crippen LogP contribution in [0, 0.1) is 0 Å². The Balaban J connectivity index is 1.87. The highest BCUT2D eigenvalue weighted by Crippen LogP contribution is 2.18. The average molecular weight is 226 g/mol. The molecule has 84 valence electrons. The van der Waals surface area contributed by atoms with Gasteiger partial charge in [-0.25, -0.2) is 4.98 Å². The van der Waals surface area contributed by atoms with Crippen molar-refractivity contribution in [3.05, 3.63) is 11.1 Å². The zero-order chi connectivity index (χ0) is 10.8. The lowest BCUT2D eigenvalue weighted by molar-refractivity contribution is 0.263. The minimum Gasteiger partial charge on any atom is -0.375 e. The van der Waals surface area contributed by atoms with Crippen molar-refractivity contribution >= 4 is 16.5 Å². The van der Waals surface area contributed by atoms with Gasteiger partial charge in [-0.2, -0.15) is 0 Å². The molecule has 0 aliphatic carbocycles. The molecule has 1 aromatic heterocycles. The highest BCUT2D eigenvalue weighted by atomic mass is 32.1. The molecule has 0 radical (unpaired) electrons. The van der Waals surface area contributed by atoms with Gasteiger partial charge in [-0.05, 0) is 20.5 Å². The number of thiazole rings is 1. The third-order valence-electron chi connectivity index (χ3n) is 2.93. The van der Waals surface area contributed by atoms with Crippen LogP contribution >= 0.6 is 11.3 Å². The van der Waals surface area contributed by atoms with Crippen molar-refractivity contribution in [3.63, 3.8) is 0 Å². The summed E-state index contributed by atoms with van der Waals surface area (Å²) >= 11 is 1.52. The number of rotatable bonds is 3. The Hall–Kier alpha value is -0.650. The summed E-state index contributed by atoms with van der Waals surface area (Å²) in [5.41, 5.74) is 6.72. The summed E-state index contributed by atoms with van der Waals surface area (Å²) in [6.45, 7) is 3.25. The summed E-state index contributed by atoms with van der Waals surface area (Å²) in [4.78, 5) is 9.03. The minimum atomic E-state index is 0.674. The van der Waals surface area contributed by atoms with Gasteiger partial charge in [0.1, 0.15) is 0 Å². The van der Waals surface area contributed by atoms with Gasteiger partial charge in [0, 0.05) is 31.1 Å². The van der Waals surface area contributed by atoms with Crippen LogP contribution in [0.15, 0.2) is 5.38 Å². The van der Waals surface area contributed by atoms with Crippen LogP contribution in [-0.4, -0.2) is 48.0 Å². The van der Waals surface area contributed by atoms with Crippen LogP contribution in [0.2, 0.25) is 0 Å². The number of hydrogen-bond donors (Lipinski definition) is 1. The number of nitrogen functional groups attached to an aromatic ring is 1. The predicted molar refractivity (Wildman–Crippen MR) is 63.9 cm³/mol. The Morgan fingerprint density at radius 1 is 1.67 bits per heavy atom. The van der Waals surface area contributed by atoms with E-state index in [0.717, 1.165) is 18.8 Å². The molecule has 1 aliphatic rings. The van der Waals surface area contributed by atoms with Crippen LogP contribution in [-0.2, 0) is 6.54 Å². The van der Waals surface area contributed by atoms with E-state index in [1.165, 1.54) is 24.3 Å². The van der Waals surface area contributed by atoms with Gasteiger partial charge < -0.3 is 10.6 Å². The van der Waals surface area contributed by atoms with E-state index in [-0.39, 0.29) is 0 Å². The number of hydrogen-bond acceptors (Lipinski definition) is 5. The third kappa shape index (κ3) is 2.68. The SMILES string of the molecule is CN(C)C1CCN(Cc2csc(N)n2)C1. The van der Waals surface area contributed by atoms with Crippen LogP contribution in [0.25, 0.3) is 0 Å². The van der Waals surface area contributed by atoms with Crippen LogP contribution in [0.1, 0.15) is 12.1 Å². The fraction of sp³-hybridized carbons (Fsp3) is 0.700. The molecule has 0 spiro atoms. The van der Waals surface area contributed by atoms with Gasteiger partial charge in [0.15, 0.2) is 5.13 Å². The molecule has 2 N–H and O–H groups in total. The monoisotopic (exact) mass is 226 g/mol. The Bertz CT molecular complexity index is 323. The highest BCUT2D eigenvalue weighted by Gasteiger charge is 2.24. The second-order valence-corrected chi connectivity index (χ2v) is 5.21. The molecule has 15 heavy (non-hydrogen) atoms. The molecule has 0 saturated carbocycles. The van der Waals surface area contributed by atoms with E-state index >= 15 is 0 Å².